The van der Waals surface area contributed by atoms with Crippen molar-refractivity contribution in [3.8, 4) is 0 Å². The van der Waals surface area contributed by atoms with Crippen LogP contribution in [-0.4, -0.2) is 25.4 Å². The van der Waals surface area contributed by atoms with Crippen molar-refractivity contribution in [3.63, 3.8) is 0 Å². The Balaban J connectivity index is 2.70. The first-order chi connectivity index (χ1) is 10.8. The molecule has 5 nitrogen and oxygen atoms in total. The largest absolute Gasteiger partial charge is 0.343 e. The summed E-state index contributed by atoms with van der Waals surface area (Å²) in [6.07, 6.45) is 3.37. The van der Waals surface area contributed by atoms with E-state index in [1.54, 1.807) is 26.2 Å². The van der Waals surface area contributed by atoms with E-state index in [-0.39, 0.29) is 20.7 Å². The third-order valence-corrected chi connectivity index (χ3v) is 5.58. The van der Waals surface area contributed by atoms with Crippen LogP contribution in [0.1, 0.15) is 13.8 Å². The van der Waals surface area contributed by atoms with Gasteiger partial charge in [-0.15, -0.1) is 11.8 Å². The zero-order chi connectivity index (χ0) is 17.2. The number of allylic oxidation sites excluding steroid dienone is 2. The lowest BCUT2D eigenvalue weighted by molar-refractivity contribution is 0.596. The van der Waals surface area contributed by atoms with E-state index in [4.69, 9.17) is 5.41 Å². The van der Waals surface area contributed by atoms with Crippen molar-refractivity contribution in [2.45, 2.75) is 18.7 Å². The van der Waals surface area contributed by atoms with Gasteiger partial charge < -0.3 is 5.32 Å². The first kappa shape index (κ1) is 17.4. The Morgan fingerprint density at radius 3 is 2.61 bits per heavy atom. The van der Waals surface area contributed by atoms with Crippen LogP contribution in [0.3, 0.4) is 0 Å². The quantitative estimate of drug-likeness (QED) is 0.646. The van der Waals surface area contributed by atoms with Gasteiger partial charge in [0.25, 0.3) is 0 Å². The fraction of sp³-hybridized carbons (Fsp3) is 0.200. The molecule has 0 fully saturated rings. The minimum atomic E-state index is -4.08. The van der Waals surface area contributed by atoms with Gasteiger partial charge >= 0.3 is 0 Å². The molecule has 0 atom stereocenters. The van der Waals surface area contributed by atoms with Crippen molar-refractivity contribution < 1.29 is 12.8 Å². The lowest BCUT2D eigenvalue weighted by Gasteiger charge is -2.18. The smallest absolute Gasteiger partial charge is 0.213 e. The second-order valence-electron chi connectivity index (χ2n) is 4.88. The van der Waals surface area contributed by atoms with Crippen molar-refractivity contribution in [2.24, 2.45) is 4.99 Å². The van der Waals surface area contributed by atoms with Crippen LogP contribution in [0.2, 0.25) is 0 Å². The van der Waals surface area contributed by atoms with Crippen LogP contribution >= 0.6 is 11.8 Å². The third kappa shape index (κ3) is 3.70. The van der Waals surface area contributed by atoms with Crippen LogP contribution in [0.15, 0.2) is 56.7 Å². The van der Waals surface area contributed by atoms with Gasteiger partial charge in [-0.1, -0.05) is 6.07 Å². The molecule has 0 spiro atoms. The number of sulfone groups is 1. The predicted molar refractivity (Wildman–Crippen MR) is 91.9 cm³/mol. The molecule has 2 rings (SSSR count). The van der Waals surface area contributed by atoms with Crippen LogP contribution in [0, 0.1) is 11.2 Å². The molecule has 1 aromatic rings. The summed E-state index contributed by atoms with van der Waals surface area (Å²) in [5, 5.41) is 10.7. The highest BCUT2D eigenvalue weighted by Crippen LogP contribution is 2.27. The molecule has 0 aliphatic carbocycles. The Labute approximate surface area is 138 Å². The monoisotopic (exact) mass is 353 g/mol. The third-order valence-electron chi connectivity index (χ3n) is 3.03. The lowest BCUT2D eigenvalue weighted by Crippen LogP contribution is -2.23. The van der Waals surface area contributed by atoms with Crippen LogP contribution in [0.4, 0.5) is 4.39 Å². The summed E-state index contributed by atoms with van der Waals surface area (Å²) in [5.41, 5.74) is 1.34. The Morgan fingerprint density at radius 2 is 2.04 bits per heavy atom. The van der Waals surface area contributed by atoms with Gasteiger partial charge in [-0.25, -0.2) is 17.8 Å². The second kappa shape index (κ2) is 6.67. The summed E-state index contributed by atoms with van der Waals surface area (Å²) < 4.78 is 39.2. The van der Waals surface area contributed by atoms with E-state index >= 15 is 0 Å². The molecule has 2 N–H and O–H groups in total. The molecule has 1 aliphatic heterocycles. The van der Waals surface area contributed by atoms with Gasteiger partial charge in [0, 0.05) is 11.4 Å². The highest BCUT2D eigenvalue weighted by atomic mass is 32.2. The average molecular weight is 353 g/mol. The fourth-order valence-corrected chi connectivity index (χ4v) is 4.30. The minimum Gasteiger partial charge on any atom is -0.343 e. The molecule has 8 heteroatoms. The molecule has 0 saturated carbocycles. The van der Waals surface area contributed by atoms with Gasteiger partial charge in [0.15, 0.2) is 5.82 Å². The van der Waals surface area contributed by atoms with E-state index in [1.165, 1.54) is 18.2 Å². The van der Waals surface area contributed by atoms with Crippen LogP contribution < -0.4 is 5.32 Å². The highest BCUT2D eigenvalue weighted by Gasteiger charge is 2.29. The van der Waals surface area contributed by atoms with Gasteiger partial charge in [0.1, 0.15) is 15.8 Å². The highest BCUT2D eigenvalue weighted by molar-refractivity contribution is 8.16. The number of halogens is 1. The maximum Gasteiger partial charge on any atom is 0.213 e. The standard InChI is InChI=1S/C15H16FN3O2S2/c1-9-7-10(2)19-15(18-9)13(14(17)22-3)23(20,21)12-6-4-5-11(16)8-12/h4-8,17-18H,1-3H3/b15-13-,17-14?. The number of hydrogen-bond acceptors (Lipinski definition) is 6. The van der Waals surface area contributed by atoms with E-state index in [0.717, 1.165) is 17.8 Å². The molecule has 1 aromatic carbocycles. The van der Waals surface area contributed by atoms with Crippen LogP contribution in [0.5, 0.6) is 0 Å². The van der Waals surface area contributed by atoms with E-state index in [9.17, 15) is 12.8 Å². The number of nitrogens with one attached hydrogen (secondary N) is 2. The summed E-state index contributed by atoms with van der Waals surface area (Å²) in [6.45, 7) is 3.51. The molecule has 0 aromatic heterocycles. The van der Waals surface area contributed by atoms with E-state index in [1.807, 2.05) is 0 Å². The maximum atomic E-state index is 13.4. The Kier molecular flexibility index (Phi) is 5.06. The van der Waals surface area contributed by atoms with E-state index in [0.29, 0.717) is 11.4 Å². The summed E-state index contributed by atoms with van der Waals surface area (Å²) in [7, 11) is -4.08. The molecule has 122 valence electrons. The Morgan fingerprint density at radius 1 is 1.35 bits per heavy atom. The van der Waals surface area contributed by atoms with E-state index in [2.05, 4.69) is 10.3 Å². The first-order valence-electron chi connectivity index (χ1n) is 6.64. The van der Waals surface area contributed by atoms with Gasteiger partial charge in [-0.05, 0) is 44.4 Å². The minimum absolute atomic E-state index is 0.0751. The number of aliphatic imine (C=N–C) groups is 1. The zero-order valence-electron chi connectivity index (χ0n) is 12.8. The number of hydrogen-bond donors (Lipinski definition) is 2. The van der Waals surface area contributed by atoms with Gasteiger partial charge in [-0.2, -0.15) is 0 Å². The molecule has 23 heavy (non-hydrogen) atoms. The summed E-state index contributed by atoms with van der Waals surface area (Å²) in [6, 6.07) is 4.72. The fourth-order valence-electron chi connectivity index (χ4n) is 2.08. The first-order valence-corrected chi connectivity index (χ1v) is 9.35. The SMILES string of the molecule is CSC(=N)/C(=C1/N=C(C)C=C(C)N1)S(=O)(=O)c1cccc(F)c1. The van der Waals surface area contributed by atoms with Crippen LogP contribution in [-0.2, 0) is 9.84 Å². The lowest BCUT2D eigenvalue weighted by atomic mass is 10.3. The predicted octanol–water partition coefficient (Wildman–Crippen LogP) is 3.08. The van der Waals surface area contributed by atoms with Crippen molar-refractivity contribution >= 4 is 32.4 Å². The number of rotatable bonds is 3. The summed E-state index contributed by atoms with van der Waals surface area (Å²) >= 11 is 0.979. The molecular weight excluding hydrogens is 337 g/mol. The topological polar surface area (TPSA) is 82.4 Å². The van der Waals surface area contributed by atoms with Gasteiger partial charge in [0.2, 0.25) is 9.84 Å². The van der Waals surface area contributed by atoms with Gasteiger partial charge in [0.05, 0.1) is 4.90 Å². The van der Waals surface area contributed by atoms with Crippen molar-refractivity contribution in [1.82, 2.24) is 5.32 Å². The Bertz CT molecular complexity index is 855. The number of thioether (sulfide) groups is 1. The zero-order valence-corrected chi connectivity index (χ0v) is 14.5. The molecule has 0 amide bonds. The molecule has 0 bridgehead atoms. The summed E-state index contributed by atoms with van der Waals surface area (Å²) in [4.78, 5) is 3.73. The maximum absolute atomic E-state index is 13.4. The van der Waals surface area contributed by atoms with E-state index < -0.39 is 15.7 Å². The Hall–Kier alpha value is -1.93. The molecular formula is C15H16FN3O2S2. The van der Waals surface area contributed by atoms with Gasteiger partial charge in [-0.3, -0.25) is 5.41 Å². The van der Waals surface area contributed by atoms with Crippen molar-refractivity contribution in [3.05, 3.63) is 52.6 Å². The number of benzene rings is 1. The molecule has 1 aliphatic rings. The van der Waals surface area contributed by atoms with Crippen molar-refractivity contribution in [1.29, 1.82) is 5.41 Å². The van der Waals surface area contributed by atoms with Crippen molar-refractivity contribution in [2.75, 3.05) is 6.26 Å². The average Bonchev–Trinajstić information content (AvgIpc) is 2.46. The van der Waals surface area contributed by atoms with Crippen LogP contribution in [0.25, 0.3) is 0 Å². The molecule has 0 saturated heterocycles. The molecule has 0 radical (unpaired) electrons. The summed E-state index contributed by atoms with van der Waals surface area (Å²) in [5.74, 6) is -0.579. The normalized spacial score (nSPS) is 17.0. The molecule has 0 unspecified atom stereocenters. The second-order valence-corrected chi connectivity index (χ2v) is 7.58. The number of nitrogens with zero attached hydrogens (tertiary/aromatic N) is 1. The molecule has 1 heterocycles.